The summed E-state index contributed by atoms with van der Waals surface area (Å²) in [6, 6.07) is 0. The zero-order chi connectivity index (χ0) is 9.26. The lowest BCUT2D eigenvalue weighted by Crippen LogP contribution is -1.90. The van der Waals surface area contributed by atoms with E-state index in [9.17, 15) is 0 Å². The number of nitrogens with zero attached hydrogens (tertiary/aromatic N) is 1. The highest BCUT2D eigenvalue weighted by atomic mass is 32.2. The molecular weight excluding hydrogens is 182 g/mol. The Balaban J connectivity index is 2.06. The van der Waals surface area contributed by atoms with Crippen molar-refractivity contribution in [3.8, 4) is 0 Å². The average molecular weight is 197 g/mol. The predicted molar refractivity (Wildman–Crippen MR) is 56.8 cm³/mol. The molecule has 0 saturated heterocycles. The van der Waals surface area contributed by atoms with Gasteiger partial charge in [-0.15, -0.1) is 0 Å². The van der Waals surface area contributed by atoms with Crippen LogP contribution >= 0.6 is 11.8 Å². The number of aromatic nitrogens is 2. The van der Waals surface area contributed by atoms with E-state index in [1.165, 1.54) is 12.8 Å². The molecule has 2 rings (SSSR count). The highest BCUT2D eigenvalue weighted by molar-refractivity contribution is 7.98. The largest absolute Gasteiger partial charge is 0.382 e. The fourth-order valence-electron chi connectivity index (χ4n) is 1.31. The minimum absolute atomic E-state index is 0.669. The number of rotatable bonds is 4. The normalized spacial score (nSPS) is 16.4. The summed E-state index contributed by atoms with van der Waals surface area (Å²) in [5, 5.41) is 0. The number of hydrogen-bond donors (Lipinski definition) is 2. The van der Waals surface area contributed by atoms with Crippen molar-refractivity contribution in [2.75, 3.05) is 11.5 Å². The maximum absolute atomic E-state index is 5.79. The van der Waals surface area contributed by atoms with Gasteiger partial charge in [-0.05, 0) is 18.6 Å². The molecule has 0 aliphatic heterocycles. The van der Waals surface area contributed by atoms with Crippen LogP contribution in [-0.4, -0.2) is 15.7 Å². The zero-order valence-electron chi connectivity index (χ0n) is 7.84. The van der Waals surface area contributed by atoms with E-state index in [1.54, 1.807) is 0 Å². The number of nitrogen functional groups attached to an aromatic ring is 1. The van der Waals surface area contributed by atoms with Crippen molar-refractivity contribution in [1.82, 2.24) is 9.97 Å². The summed E-state index contributed by atoms with van der Waals surface area (Å²) in [7, 11) is 0. The van der Waals surface area contributed by atoms with Gasteiger partial charge in [0.2, 0.25) is 0 Å². The standard InChI is InChI=1S/C9H15N3S/c1-2-13-5-7-8(10)12-9(11-7)6-3-4-6/h6H,2-5,10H2,1H3,(H,11,12). The van der Waals surface area contributed by atoms with Crippen LogP contribution in [0, 0.1) is 0 Å². The predicted octanol–water partition coefficient (Wildman–Crippen LogP) is 2.12. The van der Waals surface area contributed by atoms with E-state index in [1.807, 2.05) is 11.8 Å². The summed E-state index contributed by atoms with van der Waals surface area (Å²) in [4.78, 5) is 7.66. The third kappa shape index (κ3) is 1.99. The molecule has 1 fully saturated rings. The molecule has 72 valence electrons. The number of nitrogens with one attached hydrogen (secondary N) is 1. The Morgan fingerprint density at radius 2 is 2.38 bits per heavy atom. The van der Waals surface area contributed by atoms with Gasteiger partial charge in [0.25, 0.3) is 0 Å². The molecular formula is C9H15N3S. The van der Waals surface area contributed by atoms with Crippen LogP contribution in [0.3, 0.4) is 0 Å². The number of thioether (sulfide) groups is 1. The number of imidazole rings is 1. The van der Waals surface area contributed by atoms with Crippen LogP contribution < -0.4 is 5.73 Å². The molecule has 0 aromatic carbocycles. The van der Waals surface area contributed by atoms with Gasteiger partial charge in [-0.3, -0.25) is 0 Å². The highest BCUT2D eigenvalue weighted by Crippen LogP contribution is 2.39. The Bertz CT molecular complexity index is 291. The Labute approximate surface area is 82.5 Å². The molecule has 13 heavy (non-hydrogen) atoms. The number of hydrogen-bond acceptors (Lipinski definition) is 3. The lowest BCUT2D eigenvalue weighted by Gasteiger charge is -1.95. The van der Waals surface area contributed by atoms with E-state index in [4.69, 9.17) is 5.73 Å². The van der Waals surface area contributed by atoms with E-state index < -0.39 is 0 Å². The van der Waals surface area contributed by atoms with Gasteiger partial charge >= 0.3 is 0 Å². The van der Waals surface area contributed by atoms with E-state index >= 15 is 0 Å². The Morgan fingerprint density at radius 1 is 1.62 bits per heavy atom. The van der Waals surface area contributed by atoms with Crippen LogP contribution in [0.4, 0.5) is 5.82 Å². The molecule has 1 heterocycles. The molecule has 1 aromatic rings. The van der Waals surface area contributed by atoms with Crippen molar-refractivity contribution in [3.63, 3.8) is 0 Å². The molecule has 3 nitrogen and oxygen atoms in total. The van der Waals surface area contributed by atoms with Crippen LogP contribution in [0.25, 0.3) is 0 Å². The van der Waals surface area contributed by atoms with Crippen molar-refractivity contribution in [1.29, 1.82) is 0 Å². The molecule has 1 aliphatic carbocycles. The van der Waals surface area contributed by atoms with Crippen LogP contribution in [0.15, 0.2) is 0 Å². The minimum atomic E-state index is 0.669. The third-order valence-corrected chi connectivity index (χ3v) is 3.14. The van der Waals surface area contributed by atoms with Gasteiger partial charge in [-0.1, -0.05) is 6.92 Å². The van der Waals surface area contributed by atoms with E-state index in [0.717, 1.165) is 23.0 Å². The molecule has 4 heteroatoms. The minimum Gasteiger partial charge on any atom is -0.382 e. The maximum atomic E-state index is 5.79. The fourth-order valence-corrected chi connectivity index (χ4v) is 1.94. The molecule has 0 unspecified atom stereocenters. The summed E-state index contributed by atoms with van der Waals surface area (Å²) in [6.07, 6.45) is 2.54. The molecule has 3 N–H and O–H groups in total. The van der Waals surface area contributed by atoms with Crippen molar-refractivity contribution in [2.24, 2.45) is 0 Å². The van der Waals surface area contributed by atoms with Gasteiger partial charge in [0.05, 0.1) is 5.69 Å². The first-order valence-corrected chi connectivity index (χ1v) is 5.88. The summed E-state index contributed by atoms with van der Waals surface area (Å²) in [5.41, 5.74) is 6.90. The first-order valence-electron chi connectivity index (χ1n) is 4.73. The van der Waals surface area contributed by atoms with Gasteiger partial charge in [-0.2, -0.15) is 11.8 Å². The first kappa shape index (κ1) is 8.94. The molecule has 0 radical (unpaired) electrons. The van der Waals surface area contributed by atoms with Crippen LogP contribution in [0.2, 0.25) is 0 Å². The topological polar surface area (TPSA) is 54.7 Å². The van der Waals surface area contributed by atoms with Gasteiger partial charge in [0.1, 0.15) is 11.6 Å². The van der Waals surface area contributed by atoms with Gasteiger partial charge < -0.3 is 10.7 Å². The van der Waals surface area contributed by atoms with Gasteiger partial charge in [0.15, 0.2) is 0 Å². The summed E-state index contributed by atoms with van der Waals surface area (Å²) in [5.74, 6) is 4.55. The lowest BCUT2D eigenvalue weighted by atomic mass is 10.4. The first-order chi connectivity index (χ1) is 6.31. The van der Waals surface area contributed by atoms with Crippen molar-refractivity contribution < 1.29 is 0 Å². The number of nitrogens with two attached hydrogens (primary N) is 1. The smallest absolute Gasteiger partial charge is 0.145 e. The van der Waals surface area contributed by atoms with Crippen LogP contribution in [0.5, 0.6) is 0 Å². The third-order valence-electron chi connectivity index (χ3n) is 2.24. The van der Waals surface area contributed by atoms with Crippen molar-refractivity contribution in [2.45, 2.75) is 31.4 Å². The molecule has 0 bridgehead atoms. The fraction of sp³-hybridized carbons (Fsp3) is 0.667. The van der Waals surface area contributed by atoms with Crippen LogP contribution in [0.1, 0.15) is 37.2 Å². The lowest BCUT2D eigenvalue weighted by molar-refractivity contribution is 0.967. The second-order valence-electron chi connectivity index (χ2n) is 3.40. The highest BCUT2D eigenvalue weighted by Gasteiger charge is 2.27. The Kier molecular flexibility index (Phi) is 2.49. The summed E-state index contributed by atoms with van der Waals surface area (Å²) >= 11 is 1.87. The molecule has 1 aromatic heterocycles. The van der Waals surface area contributed by atoms with Crippen molar-refractivity contribution in [3.05, 3.63) is 11.5 Å². The molecule has 1 aliphatic rings. The molecule has 0 atom stereocenters. The molecule has 0 amide bonds. The zero-order valence-corrected chi connectivity index (χ0v) is 8.66. The Hall–Kier alpha value is -0.640. The number of aromatic amines is 1. The summed E-state index contributed by atoms with van der Waals surface area (Å²) in [6.45, 7) is 2.15. The summed E-state index contributed by atoms with van der Waals surface area (Å²) < 4.78 is 0. The van der Waals surface area contributed by atoms with Gasteiger partial charge in [-0.25, -0.2) is 4.98 Å². The SMILES string of the molecule is CCSCc1[nH]c(C2CC2)nc1N. The Morgan fingerprint density at radius 3 is 3.00 bits per heavy atom. The van der Waals surface area contributed by atoms with E-state index in [2.05, 4.69) is 16.9 Å². The van der Waals surface area contributed by atoms with Crippen molar-refractivity contribution >= 4 is 17.6 Å². The monoisotopic (exact) mass is 197 g/mol. The van der Waals surface area contributed by atoms with E-state index in [-0.39, 0.29) is 0 Å². The molecule has 0 spiro atoms. The van der Waals surface area contributed by atoms with Gasteiger partial charge in [0, 0.05) is 11.7 Å². The van der Waals surface area contributed by atoms with Crippen LogP contribution in [-0.2, 0) is 5.75 Å². The second kappa shape index (κ2) is 3.62. The quantitative estimate of drug-likeness (QED) is 0.777. The maximum Gasteiger partial charge on any atom is 0.145 e. The second-order valence-corrected chi connectivity index (χ2v) is 4.67. The average Bonchev–Trinajstić information content (AvgIpc) is 2.89. The number of anilines is 1. The number of H-pyrrole nitrogens is 1. The van der Waals surface area contributed by atoms with E-state index in [0.29, 0.717) is 11.7 Å². The molecule has 1 saturated carbocycles.